The number of thiophene rings is 1. The molecule has 3 nitrogen and oxygen atoms in total. The molecule has 1 aliphatic carbocycles. The van der Waals surface area contributed by atoms with E-state index in [0.29, 0.717) is 11.6 Å². The van der Waals surface area contributed by atoms with Gasteiger partial charge in [0.25, 0.3) is 5.91 Å². The maximum absolute atomic E-state index is 12.0. The number of carbonyl (C=O) groups excluding carboxylic acids is 1. The second-order valence-electron chi connectivity index (χ2n) is 4.91. The molecule has 0 saturated heterocycles. The molecule has 1 aromatic heterocycles. The van der Waals surface area contributed by atoms with Gasteiger partial charge in [-0.15, -0.1) is 11.3 Å². The maximum atomic E-state index is 12.0. The molecule has 20 heavy (non-hydrogen) atoms. The van der Waals surface area contributed by atoms with Crippen molar-refractivity contribution in [1.29, 1.82) is 0 Å². The smallest absolute Gasteiger partial charge is 0.251 e. The molecule has 104 valence electrons. The lowest BCUT2D eigenvalue weighted by Gasteiger charge is -2.08. The molecule has 0 radical (unpaired) electrons. The molecule has 2 aromatic rings. The van der Waals surface area contributed by atoms with Gasteiger partial charge in [0.05, 0.1) is 0 Å². The van der Waals surface area contributed by atoms with Crippen LogP contribution in [0.1, 0.15) is 28.1 Å². The Hall–Kier alpha value is -1.33. The molecule has 5 heteroatoms. The van der Waals surface area contributed by atoms with Gasteiger partial charge in [0.2, 0.25) is 0 Å². The molecule has 0 unspecified atom stereocenters. The van der Waals surface area contributed by atoms with Gasteiger partial charge in [-0.3, -0.25) is 4.79 Å². The second kappa shape index (κ2) is 5.97. The quantitative estimate of drug-likeness (QED) is 0.855. The average Bonchev–Trinajstić information content (AvgIpc) is 3.17. The molecule has 2 N–H and O–H groups in total. The summed E-state index contributed by atoms with van der Waals surface area (Å²) >= 11 is 5.15. The van der Waals surface area contributed by atoms with E-state index in [2.05, 4.69) is 38.0 Å². The molecule has 0 bridgehead atoms. The van der Waals surface area contributed by atoms with Crippen molar-refractivity contribution in [2.75, 3.05) is 5.32 Å². The van der Waals surface area contributed by atoms with Crippen LogP contribution >= 0.6 is 27.3 Å². The summed E-state index contributed by atoms with van der Waals surface area (Å²) in [5.41, 5.74) is 1.69. The first kappa shape index (κ1) is 13.6. The third kappa shape index (κ3) is 3.61. The number of hydrogen-bond acceptors (Lipinski definition) is 3. The number of amides is 1. The van der Waals surface area contributed by atoms with Crippen molar-refractivity contribution in [2.45, 2.75) is 25.4 Å². The summed E-state index contributed by atoms with van der Waals surface area (Å²) in [5.74, 6) is 0.0232. The van der Waals surface area contributed by atoms with Gasteiger partial charge in [-0.05, 0) is 53.0 Å². The van der Waals surface area contributed by atoms with Gasteiger partial charge in [-0.1, -0.05) is 6.07 Å². The fraction of sp³-hybridized carbons (Fsp3) is 0.267. The SMILES string of the molecule is O=C(NC1CC1)c1cccc(NCc2cc(Br)cs2)c1. The van der Waals surface area contributed by atoms with Crippen molar-refractivity contribution >= 4 is 38.9 Å². The number of anilines is 1. The number of benzene rings is 1. The molecule has 3 rings (SSSR count). The van der Waals surface area contributed by atoms with E-state index in [1.165, 1.54) is 4.88 Å². The molecule has 0 atom stereocenters. The Morgan fingerprint density at radius 3 is 2.90 bits per heavy atom. The Balaban J connectivity index is 1.62. The van der Waals surface area contributed by atoms with Crippen LogP contribution in [0.2, 0.25) is 0 Å². The number of nitrogens with one attached hydrogen (secondary N) is 2. The molecule has 0 aliphatic heterocycles. The van der Waals surface area contributed by atoms with Crippen molar-refractivity contribution in [3.63, 3.8) is 0 Å². The fourth-order valence-electron chi connectivity index (χ4n) is 1.90. The molecular formula is C15H15BrN2OS. The van der Waals surface area contributed by atoms with Crippen LogP contribution in [-0.4, -0.2) is 11.9 Å². The predicted octanol–water partition coefficient (Wildman–Crippen LogP) is 4.01. The first-order valence-electron chi connectivity index (χ1n) is 6.58. The van der Waals surface area contributed by atoms with E-state index in [9.17, 15) is 4.79 Å². The number of halogens is 1. The van der Waals surface area contributed by atoms with Gasteiger partial charge in [-0.25, -0.2) is 0 Å². The highest BCUT2D eigenvalue weighted by Gasteiger charge is 2.23. The highest BCUT2D eigenvalue weighted by molar-refractivity contribution is 9.10. The first-order chi connectivity index (χ1) is 9.70. The van der Waals surface area contributed by atoms with Crippen LogP contribution in [0, 0.1) is 0 Å². The second-order valence-corrected chi connectivity index (χ2v) is 6.82. The Kier molecular flexibility index (Phi) is 4.08. The summed E-state index contributed by atoms with van der Waals surface area (Å²) in [5, 5.41) is 8.42. The van der Waals surface area contributed by atoms with Crippen LogP contribution in [-0.2, 0) is 6.54 Å². The zero-order valence-electron chi connectivity index (χ0n) is 10.9. The molecule has 0 spiro atoms. The number of carbonyl (C=O) groups is 1. The van der Waals surface area contributed by atoms with Crippen LogP contribution in [0.4, 0.5) is 5.69 Å². The minimum Gasteiger partial charge on any atom is -0.380 e. The summed E-state index contributed by atoms with van der Waals surface area (Å²) in [6.45, 7) is 0.768. The Morgan fingerprint density at radius 1 is 1.35 bits per heavy atom. The van der Waals surface area contributed by atoms with E-state index in [4.69, 9.17) is 0 Å². The van der Waals surface area contributed by atoms with Crippen molar-refractivity contribution in [3.8, 4) is 0 Å². The Morgan fingerprint density at radius 2 is 2.20 bits per heavy atom. The van der Waals surface area contributed by atoms with Gasteiger partial charge in [0.15, 0.2) is 0 Å². The topological polar surface area (TPSA) is 41.1 Å². The molecule has 1 fully saturated rings. The lowest BCUT2D eigenvalue weighted by atomic mass is 10.2. The van der Waals surface area contributed by atoms with Gasteiger partial charge >= 0.3 is 0 Å². The van der Waals surface area contributed by atoms with Crippen LogP contribution in [0.25, 0.3) is 0 Å². The van der Waals surface area contributed by atoms with E-state index < -0.39 is 0 Å². The van der Waals surface area contributed by atoms with E-state index in [-0.39, 0.29) is 5.91 Å². The summed E-state index contributed by atoms with van der Waals surface area (Å²) in [4.78, 5) is 13.2. The van der Waals surface area contributed by atoms with Crippen molar-refractivity contribution in [3.05, 3.63) is 50.6 Å². The zero-order chi connectivity index (χ0) is 13.9. The molecule has 1 saturated carbocycles. The largest absolute Gasteiger partial charge is 0.380 e. The fourth-order valence-corrected chi connectivity index (χ4v) is 3.29. The summed E-state index contributed by atoms with van der Waals surface area (Å²) in [6, 6.07) is 10.1. The average molecular weight is 351 g/mol. The van der Waals surface area contributed by atoms with E-state index >= 15 is 0 Å². The minimum atomic E-state index is 0.0232. The lowest BCUT2D eigenvalue weighted by Crippen LogP contribution is -2.25. The minimum absolute atomic E-state index is 0.0232. The number of hydrogen-bond donors (Lipinski definition) is 2. The van der Waals surface area contributed by atoms with Gasteiger partial charge in [0.1, 0.15) is 0 Å². The normalized spacial score (nSPS) is 14.1. The Labute approximate surface area is 130 Å². The first-order valence-corrected chi connectivity index (χ1v) is 8.26. The van der Waals surface area contributed by atoms with Crippen molar-refractivity contribution < 1.29 is 4.79 Å². The van der Waals surface area contributed by atoms with Crippen LogP contribution in [0.15, 0.2) is 40.2 Å². The Bertz CT molecular complexity index is 622. The van der Waals surface area contributed by atoms with Gasteiger partial charge < -0.3 is 10.6 Å². The molecule has 1 amide bonds. The van der Waals surface area contributed by atoms with Crippen LogP contribution in [0.5, 0.6) is 0 Å². The van der Waals surface area contributed by atoms with Crippen molar-refractivity contribution in [2.24, 2.45) is 0 Å². The summed E-state index contributed by atoms with van der Waals surface area (Å²) in [7, 11) is 0. The maximum Gasteiger partial charge on any atom is 0.251 e. The van der Waals surface area contributed by atoms with E-state index in [1.54, 1.807) is 11.3 Å². The predicted molar refractivity (Wildman–Crippen MR) is 86.3 cm³/mol. The third-order valence-corrected chi connectivity index (χ3v) is 4.82. The molecular weight excluding hydrogens is 336 g/mol. The van der Waals surface area contributed by atoms with E-state index in [0.717, 1.165) is 29.5 Å². The van der Waals surface area contributed by atoms with Gasteiger partial charge in [0, 0.05) is 38.6 Å². The summed E-state index contributed by atoms with van der Waals surface area (Å²) < 4.78 is 1.11. The summed E-state index contributed by atoms with van der Waals surface area (Å²) in [6.07, 6.45) is 2.22. The third-order valence-electron chi connectivity index (χ3n) is 3.13. The van der Waals surface area contributed by atoms with Crippen LogP contribution < -0.4 is 10.6 Å². The zero-order valence-corrected chi connectivity index (χ0v) is 13.3. The number of rotatable bonds is 5. The highest BCUT2D eigenvalue weighted by atomic mass is 79.9. The highest BCUT2D eigenvalue weighted by Crippen LogP contribution is 2.22. The van der Waals surface area contributed by atoms with Gasteiger partial charge in [-0.2, -0.15) is 0 Å². The standard InChI is InChI=1S/C15H15BrN2OS/c16-11-7-14(20-9-11)8-17-13-3-1-2-10(6-13)15(19)18-12-4-5-12/h1-3,6-7,9,12,17H,4-5,8H2,(H,18,19). The van der Waals surface area contributed by atoms with Crippen LogP contribution in [0.3, 0.4) is 0 Å². The molecule has 1 aromatic carbocycles. The lowest BCUT2D eigenvalue weighted by molar-refractivity contribution is 0.0951. The van der Waals surface area contributed by atoms with Crippen molar-refractivity contribution in [1.82, 2.24) is 5.32 Å². The van der Waals surface area contributed by atoms with E-state index in [1.807, 2.05) is 24.3 Å². The molecule has 1 heterocycles. The molecule has 1 aliphatic rings. The monoisotopic (exact) mass is 350 g/mol.